The lowest BCUT2D eigenvalue weighted by Crippen LogP contribution is -2.22. The van der Waals surface area contributed by atoms with Crippen molar-refractivity contribution in [1.82, 2.24) is 9.88 Å². The lowest BCUT2D eigenvalue weighted by molar-refractivity contribution is 0.0964. The molecule has 238 valence electrons. The molecule has 0 spiro atoms. The summed E-state index contributed by atoms with van der Waals surface area (Å²) in [7, 11) is -2.20. The highest BCUT2D eigenvalue weighted by Crippen LogP contribution is 2.53. The summed E-state index contributed by atoms with van der Waals surface area (Å²) in [5.74, 6) is 0.324. The van der Waals surface area contributed by atoms with Gasteiger partial charge in [-0.05, 0) is 73.9 Å². The van der Waals surface area contributed by atoms with Crippen LogP contribution in [0.1, 0.15) is 36.4 Å². The fourth-order valence-corrected chi connectivity index (χ4v) is 7.45. The van der Waals surface area contributed by atoms with Gasteiger partial charge in [0.2, 0.25) is 10.0 Å². The number of carbonyl (C=O) groups excluding carboxylic acids is 1. The normalized spacial score (nSPS) is 15.7. The summed E-state index contributed by atoms with van der Waals surface area (Å²) in [6.07, 6.45) is 1.96. The number of rotatable bonds is 7. The van der Waals surface area contributed by atoms with Gasteiger partial charge in [0.05, 0.1) is 33.2 Å². The van der Waals surface area contributed by atoms with E-state index in [0.29, 0.717) is 38.8 Å². The van der Waals surface area contributed by atoms with E-state index in [-0.39, 0.29) is 34.6 Å². The number of aromatic nitrogens is 1. The molecule has 8 nitrogen and oxygen atoms in total. The Morgan fingerprint density at radius 2 is 1.72 bits per heavy atom. The van der Waals surface area contributed by atoms with Crippen molar-refractivity contribution in [3.8, 4) is 39.5 Å². The first-order valence-corrected chi connectivity index (χ1v) is 17.4. The van der Waals surface area contributed by atoms with E-state index < -0.39 is 21.7 Å². The van der Waals surface area contributed by atoms with Crippen molar-refractivity contribution < 1.29 is 26.8 Å². The van der Waals surface area contributed by atoms with E-state index in [9.17, 15) is 17.6 Å². The molecule has 2 aliphatic rings. The highest BCUT2D eigenvalue weighted by atomic mass is 35.5. The van der Waals surface area contributed by atoms with Crippen molar-refractivity contribution in [3.63, 3.8) is 0 Å². The Balaban J connectivity index is 1.37. The first-order valence-electron chi connectivity index (χ1n) is 15.4. The van der Waals surface area contributed by atoms with Crippen LogP contribution in [0.4, 0.5) is 10.1 Å². The average molecular weight is 670 g/mol. The van der Waals surface area contributed by atoms with E-state index in [0.717, 1.165) is 35.0 Å². The molecule has 1 aliphatic carbocycles. The lowest BCUT2D eigenvalue weighted by Gasteiger charge is -2.30. The SMILES string of the molecule is CCS(=O)(=O)Nc1cc2oc(-c3ccc(F)cc3)c(C(=O)NC)c2cc1-c1ccc2c(c1)-c1c(Cl)c3ccccc3n1C(C1CC1)O2. The topological polar surface area (TPSA) is 103 Å². The van der Waals surface area contributed by atoms with Crippen LogP contribution in [0.3, 0.4) is 0 Å². The Hall–Kier alpha value is -4.80. The molecule has 3 heterocycles. The van der Waals surface area contributed by atoms with Gasteiger partial charge in [-0.1, -0.05) is 35.9 Å². The fourth-order valence-electron chi connectivity index (χ4n) is 6.45. The minimum absolute atomic E-state index is 0.150. The number of hydrogen-bond acceptors (Lipinski definition) is 5. The number of furan rings is 1. The molecule has 1 saturated carbocycles. The number of sulfonamides is 1. The number of halogens is 2. The Bertz CT molecular complexity index is 2360. The van der Waals surface area contributed by atoms with E-state index in [1.54, 1.807) is 19.1 Å². The molecule has 1 fully saturated rings. The summed E-state index contributed by atoms with van der Waals surface area (Å²) in [5.41, 5.74) is 5.12. The standard InChI is InChI=1S/C36H29ClFN3O5S/c1-3-47(43,44)40-27-18-30-25(31(35(42)39-2)34(45-30)19-10-13-22(38)14-11-19)17-24(27)21-12-15-29-26(16-21)33-32(37)23-6-4-5-7-28(23)41(33)36(46-29)20-8-9-20/h4-7,10-18,20,36,40H,3,8-9H2,1-2H3,(H,39,42). The van der Waals surface area contributed by atoms with Gasteiger partial charge in [-0.2, -0.15) is 0 Å². The molecule has 0 bridgehead atoms. The number of anilines is 1. The van der Waals surface area contributed by atoms with Gasteiger partial charge in [0.1, 0.15) is 22.9 Å². The van der Waals surface area contributed by atoms with Gasteiger partial charge in [0, 0.05) is 46.5 Å². The lowest BCUT2D eigenvalue weighted by atomic mass is 9.96. The number of ether oxygens (including phenoxy) is 1. The van der Waals surface area contributed by atoms with Crippen LogP contribution in [0.2, 0.25) is 5.02 Å². The van der Waals surface area contributed by atoms with E-state index >= 15 is 0 Å². The van der Waals surface area contributed by atoms with Crippen LogP contribution >= 0.6 is 11.6 Å². The first kappa shape index (κ1) is 29.6. The van der Waals surface area contributed by atoms with E-state index in [1.807, 2.05) is 42.5 Å². The largest absolute Gasteiger partial charge is 0.469 e. The monoisotopic (exact) mass is 669 g/mol. The zero-order valence-electron chi connectivity index (χ0n) is 25.4. The van der Waals surface area contributed by atoms with E-state index in [1.165, 1.54) is 31.3 Å². The van der Waals surface area contributed by atoms with Gasteiger partial charge in [0.25, 0.3) is 5.91 Å². The maximum atomic E-state index is 13.8. The van der Waals surface area contributed by atoms with Gasteiger partial charge in [-0.25, -0.2) is 12.8 Å². The van der Waals surface area contributed by atoms with E-state index in [2.05, 4.69) is 14.6 Å². The Morgan fingerprint density at radius 3 is 2.45 bits per heavy atom. The molecule has 4 aromatic carbocycles. The zero-order valence-corrected chi connectivity index (χ0v) is 27.0. The molecule has 8 rings (SSSR count). The molecule has 1 amide bonds. The van der Waals surface area contributed by atoms with Crippen LogP contribution in [0, 0.1) is 11.7 Å². The van der Waals surface area contributed by atoms with Crippen LogP contribution in [0.25, 0.3) is 55.6 Å². The molecule has 2 N–H and O–H groups in total. The van der Waals surface area contributed by atoms with Gasteiger partial charge < -0.3 is 19.0 Å². The summed E-state index contributed by atoms with van der Waals surface area (Å²) in [4.78, 5) is 13.3. The summed E-state index contributed by atoms with van der Waals surface area (Å²) in [5, 5.41) is 4.69. The quantitative estimate of drug-likeness (QED) is 0.177. The number of nitrogens with one attached hydrogen (secondary N) is 2. The third-order valence-corrected chi connectivity index (χ3v) is 10.6. The highest BCUT2D eigenvalue weighted by Gasteiger charge is 2.40. The number of fused-ring (bicyclic) bond motifs is 6. The predicted molar refractivity (Wildman–Crippen MR) is 182 cm³/mol. The second-order valence-corrected chi connectivity index (χ2v) is 14.3. The Kier molecular flexibility index (Phi) is 6.86. The molecule has 1 unspecified atom stereocenters. The second-order valence-electron chi connectivity index (χ2n) is 11.9. The van der Waals surface area contributed by atoms with Crippen molar-refractivity contribution >= 4 is 55.1 Å². The predicted octanol–water partition coefficient (Wildman–Crippen LogP) is 8.60. The molecule has 11 heteroatoms. The van der Waals surface area contributed by atoms with Crippen LogP contribution in [-0.4, -0.2) is 31.7 Å². The molecule has 1 atom stereocenters. The van der Waals surface area contributed by atoms with Crippen LogP contribution in [0.5, 0.6) is 5.75 Å². The molecular weight excluding hydrogens is 641 g/mol. The smallest absolute Gasteiger partial charge is 0.255 e. The van der Waals surface area contributed by atoms with Gasteiger partial charge >= 0.3 is 0 Å². The fraction of sp³-hybridized carbons (Fsp3) is 0.194. The number of amides is 1. The molecule has 0 saturated heterocycles. The maximum absolute atomic E-state index is 13.8. The minimum Gasteiger partial charge on any atom is -0.469 e. The molecule has 1 aliphatic heterocycles. The van der Waals surface area contributed by atoms with Gasteiger partial charge in [-0.3, -0.25) is 9.52 Å². The second kappa shape index (κ2) is 10.9. The molecular formula is C36H29ClFN3O5S. The third kappa shape index (κ3) is 4.85. The first-order chi connectivity index (χ1) is 22.7. The summed E-state index contributed by atoms with van der Waals surface area (Å²) >= 11 is 7.10. The van der Waals surface area contributed by atoms with Crippen LogP contribution < -0.4 is 14.8 Å². The van der Waals surface area contributed by atoms with Gasteiger partial charge in [0.15, 0.2) is 6.23 Å². The third-order valence-electron chi connectivity index (χ3n) is 8.96. The highest BCUT2D eigenvalue weighted by molar-refractivity contribution is 7.92. The van der Waals surface area contributed by atoms with Gasteiger partial charge in [-0.15, -0.1) is 0 Å². The summed E-state index contributed by atoms with van der Waals surface area (Å²) < 4.78 is 57.4. The molecule has 2 aromatic heterocycles. The number of benzene rings is 4. The summed E-state index contributed by atoms with van der Waals surface area (Å²) in [6.45, 7) is 1.55. The summed E-state index contributed by atoms with van der Waals surface area (Å²) in [6, 6.07) is 22.7. The molecule has 6 aromatic rings. The van der Waals surface area contributed by atoms with Crippen molar-refractivity contribution in [2.45, 2.75) is 26.0 Å². The van der Waals surface area contributed by atoms with Crippen LogP contribution in [0.15, 0.2) is 83.3 Å². The van der Waals surface area contributed by atoms with E-state index in [4.69, 9.17) is 20.8 Å². The zero-order chi connectivity index (χ0) is 32.6. The van der Waals surface area contributed by atoms with Crippen molar-refractivity contribution in [1.29, 1.82) is 0 Å². The minimum atomic E-state index is -3.72. The van der Waals surface area contributed by atoms with Crippen LogP contribution in [-0.2, 0) is 10.0 Å². The Labute approximate surface area is 275 Å². The number of hydrogen-bond donors (Lipinski definition) is 2. The van der Waals surface area contributed by atoms with Crippen molar-refractivity contribution in [2.24, 2.45) is 5.92 Å². The molecule has 47 heavy (non-hydrogen) atoms. The number of para-hydroxylation sites is 1. The number of carbonyl (C=O) groups is 1. The molecule has 0 radical (unpaired) electrons. The number of nitrogens with zero attached hydrogens (tertiary/aromatic N) is 1. The van der Waals surface area contributed by atoms with Crippen molar-refractivity contribution in [2.75, 3.05) is 17.5 Å². The Morgan fingerprint density at radius 1 is 0.979 bits per heavy atom. The van der Waals surface area contributed by atoms with Crippen molar-refractivity contribution in [3.05, 3.63) is 95.3 Å². The average Bonchev–Trinajstić information content (AvgIpc) is 3.80. The maximum Gasteiger partial charge on any atom is 0.255 e.